The van der Waals surface area contributed by atoms with E-state index in [0.29, 0.717) is 24.8 Å². The van der Waals surface area contributed by atoms with Gasteiger partial charge in [0, 0.05) is 13.0 Å². The second kappa shape index (κ2) is 11.5. The van der Waals surface area contributed by atoms with Gasteiger partial charge in [0.05, 0.1) is 44.6 Å². The molecule has 3 N–H and O–H groups in total. The lowest BCUT2D eigenvalue weighted by Gasteiger charge is -2.33. The predicted octanol–water partition coefficient (Wildman–Crippen LogP) is 2.59. The summed E-state index contributed by atoms with van der Waals surface area (Å²) in [6.07, 6.45) is 1.13. The number of aromatic amines is 1. The van der Waals surface area contributed by atoms with Crippen molar-refractivity contribution in [2.45, 2.75) is 31.9 Å². The highest BCUT2D eigenvalue weighted by Crippen LogP contribution is 2.32. The molecular formula is C26H26F2N4O6. The quantitative estimate of drug-likeness (QED) is 0.384. The van der Waals surface area contributed by atoms with E-state index in [4.69, 9.17) is 14.2 Å². The Hall–Kier alpha value is -4.08. The van der Waals surface area contributed by atoms with Crippen molar-refractivity contribution < 1.29 is 32.9 Å². The number of amides is 1. The number of hydrogen-bond donors (Lipinski definition) is 3. The molecule has 3 aromatic rings. The van der Waals surface area contributed by atoms with Gasteiger partial charge in [-0.05, 0) is 42.7 Å². The molecule has 0 radical (unpaired) electrons. The van der Waals surface area contributed by atoms with Crippen LogP contribution in [0.15, 0.2) is 35.1 Å². The molecule has 0 spiro atoms. The van der Waals surface area contributed by atoms with E-state index in [1.54, 1.807) is 0 Å². The van der Waals surface area contributed by atoms with Crippen LogP contribution < -0.4 is 20.3 Å². The van der Waals surface area contributed by atoms with Crippen LogP contribution in [0.4, 0.5) is 8.78 Å². The topological polar surface area (TPSA) is 147 Å². The Kier molecular flexibility index (Phi) is 8.19. The molecule has 1 aliphatic rings. The Labute approximate surface area is 216 Å². The average Bonchev–Trinajstić information content (AvgIpc) is 2.94. The highest BCUT2D eigenvalue weighted by molar-refractivity contribution is 5.93. The maximum Gasteiger partial charge on any atom is 0.287 e. The van der Waals surface area contributed by atoms with Gasteiger partial charge in [-0.1, -0.05) is 6.07 Å². The highest BCUT2D eigenvalue weighted by Gasteiger charge is 2.35. The summed E-state index contributed by atoms with van der Waals surface area (Å²) in [5, 5.41) is 21.1. The van der Waals surface area contributed by atoms with Crippen LogP contribution in [0.25, 0.3) is 10.9 Å². The molecule has 4 rings (SSSR count). The van der Waals surface area contributed by atoms with Gasteiger partial charge in [-0.3, -0.25) is 9.59 Å². The fourth-order valence-electron chi connectivity index (χ4n) is 4.15. The average molecular weight is 529 g/mol. The van der Waals surface area contributed by atoms with E-state index in [1.807, 2.05) is 0 Å². The molecule has 1 aliphatic heterocycles. The number of carbonyl (C=O) groups is 1. The van der Waals surface area contributed by atoms with Crippen LogP contribution in [0.5, 0.6) is 11.5 Å². The van der Waals surface area contributed by atoms with Crippen molar-refractivity contribution in [3.05, 3.63) is 63.7 Å². The third-order valence-electron chi connectivity index (χ3n) is 6.43. The van der Waals surface area contributed by atoms with Gasteiger partial charge < -0.3 is 29.6 Å². The highest BCUT2D eigenvalue weighted by atomic mass is 19.1. The second-order valence-electron chi connectivity index (χ2n) is 9.00. The van der Waals surface area contributed by atoms with Crippen LogP contribution in [-0.2, 0) is 11.3 Å². The van der Waals surface area contributed by atoms with Gasteiger partial charge in [-0.2, -0.15) is 5.26 Å². The molecule has 1 fully saturated rings. The number of ether oxygens (including phenoxy) is 3. The molecule has 0 aliphatic carbocycles. The number of methoxy groups -OCH3 is 1. The normalized spacial score (nSPS) is 19.1. The molecule has 38 heavy (non-hydrogen) atoms. The van der Waals surface area contributed by atoms with Gasteiger partial charge in [0.25, 0.3) is 11.5 Å². The minimum atomic E-state index is -0.909. The zero-order valence-corrected chi connectivity index (χ0v) is 20.6. The number of H-pyrrole nitrogens is 1. The van der Waals surface area contributed by atoms with Gasteiger partial charge >= 0.3 is 0 Å². The Morgan fingerprint density at radius 1 is 1.34 bits per heavy atom. The first-order valence-corrected chi connectivity index (χ1v) is 11.9. The third-order valence-corrected chi connectivity index (χ3v) is 6.43. The third kappa shape index (κ3) is 5.74. The Morgan fingerprint density at radius 3 is 2.82 bits per heavy atom. The number of fused-ring (bicyclic) bond motifs is 1. The molecule has 1 amide bonds. The summed E-state index contributed by atoms with van der Waals surface area (Å²) in [4.78, 5) is 31.9. The minimum Gasteiger partial charge on any atom is -0.494 e. The van der Waals surface area contributed by atoms with E-state index < -0.39 is 28.5 Å². The number of nitrogens with one attached hydrogen (secondary N) is 2. The summed E-state index contributed by atoms with van der Waals surface area (Å²) >= 11 is 0. The van der Waals surface area contributed by atoms with Gasteiger partial charge in [0.2, 0.25) is 0 Å². The summed E-state index contributed by atoms with van der Waals surface area (Å²) in [7, 11) is 1.33. The lowest BCUT2D eigenvalue weighted by atomic mass is 9.83. The molecule has 1 aromatic heterocycles. The SMILES string of the molecule is COc1cc(CNC(=O)c2nc3ccc(F)c(OCCC4CCC(C#N)(CO)CO4)c3c(=O)[nH]2)ccc1F. The molecule has 0 bridgehead atoms. The van der Waals surface area contributed by atoms with Crippen molar-refractivity contribution in [2.75, 3.05) is 26.9 Å². The summed E-state index contributed by atoms with van der Waals surface area (Å²) in [6.45, 7) is -0.143. The van der Waals surface area contributed by atoms with Crippen LogP contribution in [-0.4, -0.2) is 54.0 Å². The number of nitrogens with zero attached hydrogens (tertiary/aromatic N) is 2. The van der Waals surface area contributed by atoms with Crippen molar-refractivity contribution in [1.82, 2.24) is 15.3 Å². The first-order valence-electron chi connectivity index (χ1n) is 11.9. The number of aromatic nitrogens is 2. The molecule has 2 atom stereocenters. The van der Waals surface area contributed by atoms with E-state index in [-0.39, 0.29) is 60.7 Å². The van der Waals surface area contributed by atoms with Gasteiger partial charge in [-0.25, -0.2) is 13.8 Å². The van der Waals surface area contributed by atoms with E-state index in [2.05, 4.69) is 21.4 Å². The molecule has 200 valence electrons. The number of nitriles is 1. The summed E-state index contributed by atoms with van der Waals surface area (Å²) in [5.41, 5.74) is -1.04. The van der Waals surface area contributed by atoms with Crippen LogP contribution >= 0.6 is 0 Å². The van der Waals surface area contributed by atoms with E-state index in [0.717, 1.165) is 6.07 Å². The number of hydrogen-bond acceptors (Lipinski definition) is 8. The van der Waals surface area contributed by atoms with Crippen molar-refractivity contribution in [3.63, 3.8) is 0 Å². The molecule has 1 saturated heterocycles. The van der Waals surface area contributed by atoms with Crippen LogP contribution in [0.2, 0.25) is 0 Å². The first-order chi connectivity index (χ1) is 18.3. The smallest absolute Gasteiger partial charge is 0.287 e. The number of halogens is 2. The molecule has 2 aromatic carbocycles. The maximum absolute atomic E-state index is 14.6. The first kappa shape index (κ1) is 27.0. The molecule has 10 nitrogen and oxygen atoms in total. The van der Waals surface area contributed by atoms with Crippen molar-refractivity contribution >= 4 is 16.8 Å². The number of aliphatic hydroxyl groups excluding tert-OH is 1. The monoisotopic (exact) mass is 528 g/mol. The Morgan fingerprint density at radius 2 is 2.13 bits per heavy atom. The summed E-state index contributed by atoms with van der Waals surface area (Å²) in [6, 6.07) is 8.58. The largest absolute Gasteiger partial charge is 0.494 e. The minimum absolute atomic E-state index is 0.0199. The lowest BCUT2D eigenvalue weighted by Crippen LogP contribution is -2.38. The van der Waals surface area contributed by atoms with Crippen LogP contribution in [0.3, 0.4) is 0 Å². The second-order valence-corrected chi connectivity index (χ2v) is 9.00. The standard InChI is InChI=1S/C26H26F2N4O6/c1-36-20-10-15(2-3-17(20)27)11-30-25(35)23-31-19-5-4-18(28)22(21(19)24(34)32-23)37-9-7-16-6-8-26(12-29,13-33)14-38-16/h2-5,10,16,33H,6-9,11,13-14H2,1H3,(H,30,35)(H,31,32,34). The number of benzene rings is 2. The van der Waals surface area contributed by atoms with Crippen LogP contribution in [0, 0.1) is 28.4 Å². The molecule has 0 saturated carbocycles. The van der Waals surface area contributed by atoms with Crippen molar-refractivity contribution in [3.8, 4) is 17.6 Å². The zero-order chi connectivity index (χ0) is 27.3. The van der Waals surface area contributed by atoms with E-state index in [1.165, 1.54) is 31.4 Å². The van der Waals surface area contributed by atoms with Crippen molar-refractivity contribution in [2.24, 2.45) is 5.41 Å². The van der Waals surface area contributed by atoms with E-state index in [9.17, 15) is 28.7 Å². The number of rotatable bonds is 9. The maximum atomic E-state index is 14.6. The lowest BCUT2D eigenvalue weighted by molar-refractivity contribution is -0.0643. The van der Waals surface area contributed by atoms with Gasteiger partial charge in [0.15, 0.2) is 29.0 Å². The molecular weight excluding hydrogens is 502 g/mol. The Balaban J connectivity index is 1.43. The fourth-order valence-corrected chi connectivity index (χ4v) is 4.15. The fraction of sp³-hybridized carbons (Fsp3) is 0.385. The summed E-state index contributed by atoms with van der Waals surface area (Å²) in [5.74, 6) is -2.54. The number of carbonyl (C=O) groups excluding carboxylic acids is 1. The molecule has 2 unspecified atom stereocenters. The predicted molar refractivity (Wildman–Crippen MR) is 131 cm³/mol. The van der Waals surface area contributed by atoms with Crippen LogP contribution in [0.1, 0.15) is 35.4 Å². The molecule has 2 heterocycles. The summed E-state index contributed by atoms with van der Waals surface area (Å²) < 4.78 is 44.4. The molecule has 12 heteroatoms. The van der Waals surface area contributed by atoms with E-state index >= 15 is 0 Å². The van der Waals surface area contributed by atoms with Crippen molar-refractivity contribution in [1.29, 1.82) is 5.26 Å². The zero-order valence-electron chi connectivity index (χ0n) is 20.6. The van der Waals surface area contributed by atoms with Gasteiger partial charge in [0.1, 0.15) is 10.8 Å². The van der Waals surface area contributed by atoms with Gasteiger partial charge in [-0.15, -0.1) is 0 Å². The Bertz CT molecular complexity index is 1430. The number of aliphatic hydroxyl groups is 1.